The fourth-order valence-electron chi connectivity index (χ4n) is 1.28. The van der Waals surface area contributed by atoms with E-state index < -0.39 is 0 Å². The number of rotatable bonds is 4. The van der Waals surface area contributed by atoms with Gasteiger partial charge in [-0.3, -0.25) is 4.79 Å². The predicted octanol–water partition coefficient (Wildman–Crippen LogP) is 2.20. The summed E-state index contributed by atoms with van der Waals surface area (Å²) in [5.41, 5.74) is 1.11. The molecule has 0 aliphatic carbocycles. The number of methoxy groups -OCH3 is 1. The summed E-state index contributed by atoms with van der Waals surface area (Å²) >= 11 is 0. The van der Waals surface area contributed by atoms with Crippen LogP contribution in [0.2, 0.25) is 0 Å². The lowest BCUT2D eigenvalue weighted by Gasteiger charge is -2.09. The molecule has 0 heterocycles. The van der Waals surface area contributed by atoms with Gasteiger partial charge in [-0.05, 0) is 12.0 Å². The van der Waals surface area contributed by atoms with E-state index >= 15 is 0 Å². The molecular weight excluding hydrogens is 176 g/mol. The Labute approximate surface area is 84.2 Å². The van der Waals surface area contributed by atoms with E-state index in [1.807, 2.05) is 30.3 Å². The number of esters is 1. The quantitative estimate of drug-likeness (QED) is 0.537. The van der Waals surface area contributed by atoms with E-state index in [2.05, 4.69) is 11.3 Å². The van der Waals surface area contributed by atoms with Gasteiger partial charge in [-0.1, -0.05) is 36.4 Å². The molecule has 0 saturated carbocycles. The minimum absolute atomic E-state index is 0.233. The maximum absolute atomic E-state index is 11.3. The number of hydrogen-bond acceptors (Lipinski definition) is 2. The predicted molar refractivity (Wildman–Crippen MR) is 55.8 cm³/mol. The topological polar surface area (TPSA) is 26.3 Å². The summed E-state index contributed by atoms with van der Waals surface area (Å²) in [5, 5.41) is 0. The van der Waals surface area contributed by atoms with Gasteiger partial charge in [0.2, 0.25) is 0 Å². The van der Waals surface area contributed by atoms with Crippen molar-refractivity contribution in [1.29, 1.82) is 0 Å². The van der Waals surface area contributed by atoms with Crippen molar-refractivity contribution in [3.05, 3.63) is 48.6 Å². The van der Waals surface area contributed by atoms with Crippen LogP contribution >= 0.6 is 0 Å². The first-order chi connectivity index (χ1) is 6.77. The minimum atomic E-state index is -0.248. The molecule has 0 N–H and O–H groups in total. The number of hydrogen-bond donors (Lipinski definition) is 0. The molecule has 74 valence electrons. The van der Waals surface area contributed by atoms with Crippen LogP contribution in [0.1, 0.15) is 5.56 Å². The van der Waals surface area contributed by atoms with E-state index in [1.54, 1.807) is 6.08 Å². The van der Waals surface area contributed by atoms with Gasteiger partial charge < -0.3 is 4.74 Å². The van der Waals surface area contributed by atoms with E-state index in [0.29, 0.717) is 6.42 Å². The standard InChI is InChI=1S/C12H14O2/c1-3-11(12(13)14-2)9-10-7-5-4-6-8-10/h3-8,11H,1,9H2,2H3/t11-/m0/s1. The van der Waals surface area contributed by atoms with Crippen LogP contribution in [0, 0.1) is 5.92 Å². The van der Waals surface area contributed by atoms with Crippen LogP contribution in [0.4, 0.5) is 0 Å². The first-order valence-electron chi connectivity index (χ1n) is 4.52. The lowest BCUT2D eigenvalue weighted by molar-refractivity contribution is -0.143. The molecule has 2 heteroatoms. The zero-order valence-electron chi connectivity index (χ0n) is 8.27. The van der Waals surface area contributed by atoms with Gasteiger partial charge >= 0.3 is 5.97 Å². The molecule has 0 aliphatic heterocycles. The molecule has 2 nitrogen and oxygen atoms in total. The molecule has 0 aromatic heterocycles. The maximum atomic E-state index is 11.3. The number of carbonyl (C=O) groups is 1. The second-order valence-corrected chi connectivity index (χ2v) is 3.06. The summed E-state index contributed by atoms with van der Waals surface area (Å²) in [4.78, 5) is 11.3. The molecule has 0 amide bonds. The molecule has 0 aliphatic rings. The fraction of sp³-hybridized carbons (Fsp3) is 0.250. The molecule has 0 spiro atoms. The second kappa shape index (κ2) is 5.22. The monoisotopic (exact) mass is 190 g/mol. The molecular formula is C12H14O2. The lowest BCUT2D eigenvalue weighted by atomic mass is 10.00. The highest BCUT2D eigenvalue weighted by atomic mass is 16.5. The van der Waals surface area contributed by atoms with Gasteiger partial charge in [0.1, 0.15) is 0 Å². The van der Waals surface area contributed by atoms with Gasteiger partial charge in [0, 0.05) is 0 Å². The van der Waals surface area contributed by atoms with Crippen molar-refractivity contribution in [2.45, 2.75) is 6.42 Å². The summed E-state index contributed by atoms with van der Waals surface area (Å²) in [6, 6.07) is 9.82. The molecule has 1 rings (SSSR count). The van der Waals surface area contributed by atoms with Gasteiger partial charge in [0.25, 0.3) is 0 Å². The van der Waals surface area contributed by atoms with Gasteiger partial charge in [0.15, 0.2) is 0 Å². The first kappa shape index (κ1) is 10.5. The molecule has 0 bridgehead atoms. The third-order valence-electron chi connectivity index (χ3n) is 2.09. The zero-order chi connectivity index (χ0) is 10.4. The molecule has 1 aromatic rings. The SMILES string of the molecule is C=C[C@@H](Cc1ccccc1)C(=O)OC. The number of ether oxygens (including phenoxy) is 1. The van der Waals surface area contributed by atoms with Crippen molar-refractivity contribution < 1.29 is 9.53 Å². The first-order valence-corrected chi connectivity index (χ1v) is 4.52. The van der Waals surface area contributed by atoms with Crippen molar-refractivity contribution in [3.63, 3.8) is 0 Å². The molecule has 0 saturated heterocycles. The Morgan fingerprint density at radius 2 is 2.14 bits per heavy atom. The van der Waals surface area contributed by atoms with Crippen LogP contribution in [0.5, 0.6) is 0 Å². The van der Waals surface area contributed by atoms with Crippen molar-refractivity contribution in [1.82, 2.24) is 0 Å². The van der Waals surface area contributed by atoms with E-state index in [9.17, 15) is 4.79 Å². The number of benzene rings is 1. The highest BCUT2D eigenvalue weighted by molar-refractivity contribution is 5.74. The summed E-state index contributed by atoms with van der Waals surface area (Å²) in [5.74, 6) is -0.480. The smallest absolute Gasteiger partial charge is 0.312 e. The van der Waals surface area contributed by atoms with Crippen molar-refractivity contribution in [3.8, 4) is 0 Å². The molecule has 0 fully saturated rings. The maximum Gasteiger partial charge on any atom is 0.312 e. The van der Waals surface area contributed by atoms with Crippen LogP contribution in [-0.4, -0.2) is 13.1 Å². The van der Waals surface area contributed by atoms with Crippen molar-refractivity contribution in [2.24, 2.45) is 5.92 Å². The third-order valence-corrected chi connectivity index (χ3v) is 2.09. The van der Waals surface area contributed by atoms with E-state index in [4.69, 9.17) is 0 Å². The Kier molecular flexibility index (Phi) is 3.92. The molecule has 1 aromatic carbocycles. The van der Waals surface area contributed by atoms with Crippen LogP contribution < -0.4 is 0 Å². The van der Waals surface area contributed by atoms with Gasteiger partial charge in [0.05, 0.1) is 13.0 Å². The summed E-state index contributed by atoms with van der Waals surface area (Å²) in [6.45, 7) is 3.63. The average Bonchev–Trinajstić information content (AvgIpc) is 2.26. The Balaban J connectivity index is 2.66. The molecule has 0 radical (unpaired) electrons. The summed E-state index contributed by atoms with van der Waals surface area (Å²) < 4.78 is 4.67. The van der Waals surface area contributed by atoms with Gasteiger partial charge in [-0.15, -0.1) is 6.58 Å². The largest absolute Gasteiger partial charge is 0.469 e. The van der Waals surface area contributed by atoms with Crippen molar-refractivity contribution in [2.75, 3.05) is 7.11 Å². The molecule has 0 unspecified atom stereocenters. The van der Waals surface area contributed by atoms with Crippen LogP contribution in [0.15, 0.2) is 43.0 Å². The normalized spacial score (nSPS) is 11.8. The molecule has 1 atom stereocenters. The summed E-state index contributed by atoms with van der Waals surface area (Å²) in [6.07, 6.45) is 2.27. The number of carbonyl (C=O) groups excluding carboxylic acids is 1. The molecule has 14 heavy (non-hydrogen) atoms. The average molecular weight is 190 g/mol. The van der Waals surface area contributed by atoms with Gasteiger partial charge in [-0.25, -0.2) is 0 Å². The Hall–Kier alpha value is -1.57. The Bertz CT molecular complexity index is 303. The highest BCUT2D eigenvalue weighted by Gasteiger charge is 2.15. The van der Waals surface area contributed by atoms with Crippen LogP contribution in [0.25, 0.3) is 0 Å². The van der Waals surface area contributed by atoms with Crippen LogP contribution in [-0.2, 0) is 16.0 Å². The lowest BCUT2D eigenvalue weighted by Crippen LogP contribution is -2.16. The third kappa shape index (κ3) is 2.73. The Morgan fingerprint density at radius 1 is 1.50 bits per heavy atom. The van der Waals surface area contributed by atoms with E-state index in [1.165, 1.54) is 7.11 Å². The Morgan fingerprint density at radius 3 is 2.64 bits per heavy atom. The van der Waals surface area contributed by atoms with Crippen LogP contribution in [0.3, 0.4) is 0 Å². The van der Waals surface area contributed by atoms with E-state index in [-0.39, 0.29) is 11.9 Å². The second-order valence-electron chi connectivity index (χ2n) is 3.06. The van der Waals surface area contributed by atoms with Crippen molar-refractivity contribution >= 4 is 5.97 Å². The van der Waals surface area contributed by atoms with Gasteiger partial charge in [-0.2, -0.15) is 0 Å². The highest BCUT2D eigenvalue weighted by Crippen LogP contribution is 2.10. The fourth-order valence-corrected chi connectivity index (χ4v) is 1.28. The zero-order valence-corrected chi connectivity index (χ0v) is 8.27. The minimum Gasteiger partial charge on any atom is -0.469 e. The summed E-state index contributed by atoms with van der Waals surface area (Å²) in [7, 11) is 1.39. The van der Waals surface area contributed by atoms with E-state index in [0.717, 1.165) is 5.56 Å².